The number of amides is 2. The van der Waals surface area contributed by atoms with E-state index in [0.29, 0.717) is 0 Å². The summed E-state index contributed by atoms with van der Waals surface area (Å²) in [6, 6.07) is -0.832. The van der Waals surface area contributed by atoms with Crippen LogP contribution in [-0.2, 0) is 4.79 Å². The smallest absolute Gasteiger partial charge is 0.336 e. The summed E-state index contributed by atoms with van der Waals surface area (Å²) in [7, 11) is 0. The van der Waals surface area contributed by atoms with Crippen molar-refractivity contribution < 1.29 is 14.7 Å². The van der Waals surface area contributed by atoms with Crippen LogP contribution in [0.5, 0.6) is 0 Å². The lowest BCUT2D eigenvalue weighted by Gasteiger charge is -2.07. The third kappa shape index (κ3) is 3.18. The number of hydrogen-bond donors (Lipinski definition) is 3. The van der Waals surface area contributed by atoms with Crippen molar-refractivity contribution in [2.24, 2.45) is 5.73 Å². The average molecular weight is 164 g/mol. The number of carboxylic acids is 1. The fourth-order valence-corrected chi connectivity index (χ4v) is 0.786. The van der Waals surface area contributed by atoms with Crippen molar-refractivity contribution in [3.05, 3.63) is 0 Å². The van der Waals surface area contributed by atoms with E-state index in [2.05, 4.69) is 5.73 Å². The van der Waals surface area contributed by atoms with Crippen LogP contribution in [0.15, 0.2) is 0 Å². The molecule has 0 aromatic heterocycles. The second-order valence-corrected chi connectivity index (χ2v) is 2.41. The fourth-order valence-electron chi connectivity index (χ4n) is 0.351. The minimum atomic E-state index is -1.11. The van der Waals surface area contributed by atoms with E-state index >= 15 is 0 Å². The van der Waals surface area contributed by atoms with Gasteiger partial charge in [-0.15, -0.1) is 11.8 Å². The first-order valence-electron chi connectivity index (χ1n) is 2.39. The summed E-state index contributed by atoms with van der Waals surface area (Å²) in [6.07, 6.45) is 1.56. The highest BCUT2D eigenvalue weighted by atomic mass is 32.2. The topological polar surface area (TPSA) is 92.4 Å². The molecular formula is C4H8N2O3S. The van der Waals surface area contributed by atoms with Gasteiger partial charge in [0.1, 0.15) is 0 Å². The highest BCUT2D eigenvalue weighted by Crippen LogP contribution is 2.01. The largest absolute Gasteiger partial charge is 0.479 e. The fraction of sp³-hybridized carbons (Fsp3) is 0.500. The predicted molar refractivity (Wildman–Crippen MR) is 37.7 cm³/mol. The van der Waals surface area contributed by atoms with E-state index in [1.165, 1.54) is 0 Å². The molecule has 0 unspecified atom stereocenters. The van der Waals surface area contributed by atoms with Crippen LogP contribution in [0.25, 0.3) is 0 Å². The molecule has 1 atom stereocenters. The molecule has 6 heteroatoms. The molecular weight excluding hydrogens is 156 g/mol. The molecule has 5 nitrogen and oxygen atoms in total. The van der Waals surface area contributed by atoms with E-state index in [0.717, 1.165) is 11.8 Å². The summed E-state index contributed by atoms with van der Waals surface area (Å²) < 4.78 is 0. The Morgan fingerprint density at radius 1 is 1.70 bits per heavy atom. The Morgan fingerprint density at radius 3 is 2.30 bits per heavy atom. The Bertz CT molecular complexity index is 149. The Balaban J connectivity index is 3.83. The van der Waals surface area contributed by atoms with Crippen molar-refractivity contribution in [1.82, 2.24) is 5.32 Å². The van der Waals surface area contributed by atoms with Gasteiger partial charge in [-0.3, -0.25) is 0 Å². The number of aliphatic carboxylic acids is 1. The zero-order chi connectivity index (χ0) is 8.15. The second-order valence-electron chi connectivity index (χ2n) is 1.46. The van der Waals surface area contributed by atoms with Gasteiger partial charge in [0.25, 0.3) is 0 Å². The molecule has 10 heavy (non-hydrogen) atoms. The summed E-state index contributed by atoms with van der Waals surface area (Å²) >= 11 is 0.995. The van der Waals surface area contributed by atoms with E-state index in [9.17, 15) is 9.59 Å². The van der Waals surface area contributed by atoms with Crippen LogP contribution in [0.4, 0.5) is 4.79 Å². The number of carbonyl (C=O) groups excluding carboxylic acids is 1. The molecule has 0 bridgehead atoms. The van der Waals surface area contributed by atoms with Crippen molar-refractivity contribution in [3.8, 4) is 0 Å². The summed E-state index contributed by atoms with van der Waals surface area (Å²) in [6.45, 7) is 0. The van der Waals surface area contributed by atoms with Crippen LogP contribution in [0.1, 0.15) is 0 Å². The first kappa shape index (κ1) is 9.09. The summed E-state index contributed by atoms with van der Waals surface area (Å²) in [5.41, 5.74) is 4.68. The summed E-state index contributed by atoms with van der Waals surface area (Å²) in [5.74, 6) is -1.11. The Morgan fingerprint density at radius 2 is 2.20 bits per heavy atom. The number of hydrogen-bond acceptors (Lipinski definition) is 3. The molecule has 0 aliphatic rings. The molecule has 4 N–H and O–H groups in total. The van der Waals surface area contributed by atoms with Gasteiger partial charge in [-0.2, -0.15) is 0 Å². The van der Waals surface area contributed by atoms with Crippen LogP contribution in [-0.4, -0.2) is 28.7 Å². The van der Waals surface area contributed by atoms with Gasteiger partial charge in [0, 0.05) is 0 Å². The van der Waals surface area contributed by atoms with Gasteiger partial charge in [-0.05, 0) is 6.26 Å². The van der Waals surface area contributed by atoms with E-state index < -0.39 is 17.4 Å². The highest BCUT2D eigenvalue weighted by Gasteiger charge is 2.15. The maximum atomic E-state index is 10.2. The van der Waals surface area contributed by atoms with Crippen molar-refractivity contribution in [2.75, 3.05) is 6.26 Å². The van der Waals surface area contributed by atoms with Crippen LogP contribution < -0.4 is 11.1 Å². The Labute approximate surface area is 62.0 Å². The summed E-state index contributed by atoms with van der Waals surface area (Å²) in [4.78, 5) is 20.3. The van der Waals surface area contributed by atoms with Gasteiger partial charge in [0.15, 0.2) is 5.37 Å². The number of nitrogens with two attached hydrogens (primary N) is 1. The minimum absolute atomic E-state index is 0.832. The standard InChI is InChI=1S/C4H8N2O3S/c1-10-2(3(7)8)6-4(5)9/h2H,1H3,(H,7,8)(H3,5,6,9)/t2-/m1/s1. The molecule has 58 valence electrons. The quantitative estimate of drug-likeness (QED) is 0.487. The number of thioether (sulfide) groups is 1. The highest BCUT2D eigenvalue weighted by molar-refractivity contribution is 7.99. The van der Waals surface area contributed by atoms with E-state index in [1.807, 2.05) is 5.32 Å². The molecule has 0 aromatic rings. The van der Waals surface area contributed by atoms with Crippen LogP contribution in [0, 0.1) is 0 Å². The molecule has 0 saturated carbocycles. The zero-order valence-electron chi connectivity index (χ0n) is 5.33. The van der Waals surface area contributed by atoms with Gasteiger partial charge >= 0.3 is 12.0 Å². The van der Waals surface area contributed by atoms with Crippen LogP contribution in [0.2, 0.25) is 0 Å². The molecule has 0 fully saturated rings. The monoisotopic (exact) mass is 164 g/mol. The van der Waals surface area contributed by atoms with Crippen molar-refractivity contribution in [1.29, 1.82) is 0 Å². The number of carboxylic acid groups (broad SMARTS) is 1. The first-order chi connectivity index (χ1) is 4.57. The number of rotatable bonds is 3. The molecule has 0 spiro atoms. The molecule has 0 heterocycles. The number of primary amides is 1. The maximum Gasteiger partial charge on any atom is 0.336 e. The van der Waals surface area contributed by atoms with Gasteiger partial charge in [0.2, 0.25) is 0 Å². The molecule has 0 aliphatic carbocycles. The van der Waals surface area contributed by atoms with Crippen molar-refractivity contribution >= 4 is 23.8 Å². The van der Waals surface area contributed by atoms with Crippen LogP contribution >= 0.6 is 11.8 Å². The van der Waals surface area contributed by atoms with Gasteiger partial charge in [-0.1, -0.05) is 0 Å². The Hall–Kier alpha value is -0.910. The molecule has 0 rings (SSSR count). The van der Waals surface area contributed by atoms with Crippen molar-refractivity contribution in [2.45, 2.75) is 5.37 Å². The van der Waals surface area contributed by atoms with Crippen LogP contribution in [0.3, 0.4) is 0 Å². The van der Waals surface area contributed by atoms with Gasteiger partial charge < -0.3 is 16.2 Å². The second kappa shape index (κ2) is 3.99. The van der Waals surface area contributed by atoms with E-state index in [4.69, 9.17) is 5.11 Å². The molecule has 0 radical (unpaired) electrons. The number of urea groups is 1. The third-order valence-electron chi connectivity index (χ3n) is 0.733. The van der Waals surface area contributed by atoms with Crippen molar-refractivity contribution in [3.63, 3.8) is 0 Å². The van der Waals surface area contributed by atoms with E-state index in [-0.39, 0.29) is 0 Å². The molecule has 0 aliphatic heterocycles. The normalized spacial score (nSPS) is 12.1. The lowest BCUT2D eigenvalue weighted by atomic mass is 10.6. The molecule has 0 aromatic carbocycles. The lowest BCUT2D eigenvalue weighted by Crippen LogP contribution is -2.41. The summed E-state index contributed by atoms with van der Waals surface area (Å²) in [5, 5.41) is 9.42. The number of carbonyl (C=O) groups is 2. The maximum absolute atomic E-state index is 10.2. The lowest BCUT2D eigenvalue weighted by molar-refractivity contribution is -0.136. The third-order valence-corrected chi connectivity index (χ3v) is 1.52. The molecule has 2 amide bonds. The van der Waals surface area contributed by atoms with E-state index in [1.54, 1.807) is 6.26 Å². The van der Waals surface area contributed by atoms with Gasteiger partial charge in [0.05, 0.1) is 0 Å². The minimum Gasteiger partial charge on any atom is -0.479 e. The predicted octanol–water partition coefficient (Wildman–Crippen LogP) is -0.572. The molecule has 0 saturated heterocycles. The van der Waals surface area contributed by atoms with Gasteiger partial charge in [-0.25, -0.2) is 9.59 Å². The Kier molecular flexibility index (Phi) is 3.63. The zero-order valence-corrected chi connectivity index (χ0v) is 6.14. The first-order valence-corrected chi connectivity index (χ1v) is 3.68. The SMILES string of the molecule is CS[C@@H](NC(N)=O)C(=O)O. The number of nitrogens with one attached hydrogen (secondary N) is 1. The average Bonchev–Trinajstić information content (AvgIpc) is 1.81.